The average molecular weight is 396 g/mol. The highest BCUT2D eigenvalue weighted by molar-refractivity contribution is 6.08. The lowest BCUT2D eigenvalue weighted by atomic mass is 9.79. The molecule has 0 saturated carbocycles. The van der Waals surface area contributed by atoms with Gasteiger partial charge in [0, 0.05) is 23.8 Å². The van der Waals surface area contributed by atoms with Gasteiger partial charge < -0.3 is 10.5 Å². The Balaban J connectivity index is 2.12. The average Bonchev–Trinajstić information content (AvgIpc) is 3.05. The topological polar surface area (TPSA) is 75.9 Å². The smallest absolute Gasteiger partial charge is 0.329 e. The van der Waals surface area contributed by atoms with Crippen LogP contribution in [0.3, 0.4) is 0 Å². The maximum Gasteiger partial charge on any atom is 0.329 e. The lowest BCUT2D eigenvalue weighted by Gasteiger charge is -2.43. The van der Waals surface area contributed by atoms with Crippen LogP contribution in [0, 0.1) is 5.92 Å². The zero-order valence-electron chi connectivity index (χ0n) is 17.2. The highest BCUT2D eigenvalue weighted by Gasteiger charge is 2.54. The number of carbonyl (C=O) groups is 2. The van der Waals surface area contributed by atoms with E-state index in [0.717, 1.165) is 11.4 Å². The van der Waals surface area contributed by atoms with Crippen molar-refractivity contribution in [2.75, 3.05) is 23.5 Å². The fraction of sp³-hybridized carbons (Fsp3) is 0.391. The highest BCUT2D eigenvalue weighted by atomic mass is 16.5. The first-order valence-electron chi connectivity index (χ1n) is 9.95. The minimum Gasteiger partial charge on any atom is -0.469 e. The third-order valence-electron chi connectivity index (χ3n) is 5.71. The molecule has 1 aliphatic rings. The number of ether oxygens (including phenoxy) is 1. The number of rotatable bonds is 7. The minimum atomic E-state index is -0.739. The summed E-state index contributed by atoms with van der Waals surface area (Å²) >= 11 is 0. The Kier molecular flexibility index (Phi) is 6.23. The predicted octanol–water partition coefficient (Wildman–Crippen LogP) is 3.81. The Hall–Kier alpha value is -2.86. The zero-order chi connectivity index (χ0) is 21.0. The summed E-state index contributed by atoms with van der Waals surface area (Å²) in [5.74, 6) is -0.193. The van der Waals surface area contributed by atoms with E-state index < -0.39 is 5.54 Å². The second-order valence-corrected chi connectivity index (χ2v) is 7.82. The van der Waals surface area contributed by atoms with E-state index in [2.05, 4.69) is 0 Å². The number of urea groups is 1. The number of nitrogens with zero attached hydrogens (tertiary/aromatic N) is 2. The number of benzene rings is 2. The standard InChI is InChI=1S/C23H29N3O3/c1-17(2)21(24)23(15-14-20(27)29-3)16-25(18-10-6-4-7-11-18)22(28)26(23)19-12-8-5-9-13-19/h4-13,17,21H,14-16,24H2,1-3H3. The molecule has 1 saturated heterocycles. The van der Waals surface area contributed by atoms with Gasteiger partial charge in [-0.3, -0.25) is 14.6 Å². The normalized spacial score (nSPS) is 20.2. The summed E-state index contributed by atoms with van der Waals surface area (Å²) in [6.07, 6.45) is 0.610. The molecule has 154 valence electrons. The van der Waals surface area contributed by atoms with Gasteiger partial charge in [0.1, 0.15) is 0 Å². The van der Waals surface area contributed by atoms with Crippen molar-refractivity contribution >= 4 is 23.4 Å². The maximum atomic E-state index is 13.6. The summed E-state index contributed by atoms with van der Waals surface area (Å²) in [7, 11) is 1.38. The summed E-state index contributed by atoms with van der Waals surface area (Å²) in [5, 5.41) is 0. The lowest BCUT2D eigenvalue weighted by molar-refractivity contribution is -0.141. The van der Waals surface area contributed by atoms with E-state index in [-0.39, 0.29) is 30.4 Å². The van der Waals surface area contributed by atoms with Crippen molar-refractivity contribution in [1.29, 1.82) is 0 Å². The van der Waals surface area contributed by atoms with Crippen LogP contribution in [-0.4, -0.2) is 37.2 Å². The van der Waals surface area contributed by atoms with Crippen LogP contribution >= 0.6 is 0 Å². The van der Waals surface area contributed by atoms with Gasteiger partial charge in [-0.15, -0.1) is 0 Å². The molecule has 2 aromatic carbocycles. The Morgan fingerprint density at radius 3 is 2.14 bits per heavy atom. The molecule has 1 aliphatic heterocycles. The molecule has 2 aromatic rings. The molecule has 0 radical (unpaired) electrons. The van der Waals surface area contributed by atoms with Crippen molar-refractivity contribution in [1.82, 2.24) is 0 Å². The van der Waals surface area contributed by atoms with Crippen LogP contribution < -0.4 is 15.5 Å². The molecular formula is C23H29N3O3. The monoisotopic (exact) mass is 395 g/mol. The summed E-state index contributed by atoms with van der Waals surface area (Å²) in [5.41, 5.74) is 7.59. The van der Waals surface area contributed by atoms with E-state index in [1.54, 1.807) is 9.80 Å². The van der Waals surface area contributed by atoms with E-state index in [1.807, 2.05) is 74.5 Å². The molecule has 0 aliphatic carbocycles. The molecule has 0 aromatic heterocycles. The first kappa shape index (κ1) is 20.9. The van der Waals surface area contributed by atoms with Gasteiger partial charge in [0.2, 0.25) is 0 Å². The van der Waals surface area contributed by atoms with Crippen molar-refractivity contribution in [3.8, 4) is 0 Å². The zero-order valence-corrected chi connectivity index (χ0v) is 17.2. The summed E-state index contributed by atoms with van der Waals surface area (Å²) in [6, 6.07) is 18.6. The van der Waals surface area contributed by atoms with E-state index in [0.29, 0.717) is 13.0 Å². The second-order valence-electron chi connectivity index (χ2n) is 7.82. The van der Waals surface area contributed by atoms with Crippen molar-refractivity contribution in [2.24, 2.45) is 11.7 Å². The molecule has 1 fully saturated rings. The number of nitrogens with two attached hydrogens (primary N) is 1. The Morgan fingerprint density at radius 2 is 1.62 bits per heavy atom. The van der Waals surface area contributed by atoms with Gasteiger partial charge >= 0.3 is 12.0 Å². The van der Waals surface area contributed by atoms with E-state index >= 15 is 0 Å². The number of para-hydroxylation sites is 2. The summed E-state index contributed by atoms with van der Waals surface area (Å²) in [6.45, 7) is 4.49. The molecule has 0 spiro atoms. The molecule has 6 heteroatoms. The Labute approximate surface area is 172 Å². The van der Waals surface area contributed by atoms with Crippen LogP contribution in [0.4, 0.5) is 16.2 Å². The molecule has 2 N–H and O–H groups in total. The van der Waals surface area contributed by atoms with Crippen LogP contribution in [0.15, 0.2) is 60.7 Å². The molecule has 2 amide bonds. The molecular weight excluding hydrogens is 366 g/mol. The summed E-state index contributed by atoms with van der Waals surface area (Å²) < 4.78 is 4.88. The van der Waals surface area contributed by atoms with Crippen molar-refractivity contribution in [2.45, 2.75) is 38.3 Å². The molecule has 29 heavy (non-hydrogen) atoms. The highest BCUT2D eigenvalue weighted by Crippen LogP contribution is 2.41. The molecule has 2 atom stereocenters. The van der Waals surface area contributed by atoms with Crippen LogP contribution in [-0.2, 0) is 9.53 Å². The maximum absolute atomic E-state index is 13.6. The fourth-order valence-corrected chi connectivity index (χ4v) is 4.13. The van der Waals surface area contributed by atoms with E-state index in [9.17, 15) is 9.59 Å². The largest absolute Gasteiger partial charge is 0.469 e. The molecule has 1 heterocycles. The van der Waals surface area contributed by atoms with Gasteiger partial charge in [-0.25, -0.2) is 4.79 Å². The predicted molar refractivity (Wildman–Crippen MR) is 115 cm³/mol. The van der Waals surface area contributed by atoms with Crippen molar-refractivity contribution in [3.63, 3.8) is 0 Å². The number of hydrogen-bond acceptors (Lipinski definition) is 4. The van der Waals surface area contributed by atoms with Crippen LogP contribution in [0.2, 0.25) is 0 Å². The van der Waals surface area contributed by atoms with E-state index in [4.69, 9.17) is 10.5 Å². The van der Waals surface area contributed by atoms with Crippen LogP contribution in [0.25, 0.3) is 0 Å². The molecule has 3 rings (SSSR count). The third-order valence-corrected chi connectivity index (χ3v) is 5.71. The number of methoxy groups -OCH3 is 1. The quantitative estimate of drug-likeness (QED) is 0.724. The van der Waals surface area contributed by atoms with Crippen molar-refractivity contribution in [3.05, 3.63) is 60.7 Å². The number of hydrogen-bond donors (Lipinski definition) is 1. The molecule has 0 bridgehead atoms. The van der Waals surface area contributed by atoms with Gasteiger partial charge in [0.15, 0.2) is 0 Å². The van der Waals surface area contributed by atoms with Gasteiger partial charge in [-0.05, 0) is 36.6 Å². The van der Waals surface area contributed by atoms with Gasteiger partial charge in [-0.2, -0.15) is 0 Å². The van der Waals surface area contributed by atoms with Gasteiger partial charge in [-0.1, -0.05) is 50.2 Å². The van der Waals surface area contributed by atoms with Crippen LogP contribution in [0.1, 0.15) is 26.7 Å². The first-order chi connectivity index (χ1) is 13.9. The summed E-state index contributed by atoms with van der Waals surface area (Å²) in [4.78, 5) is 29.2. The first-order valence-corrected chi connectivity index (χ1v) is 9.95. The van der Waals surface area contributed by atoms with Crippen LogP contribution in [0.5, 0.6) is 0 Å². The lowest BCUT2D eigenvalue weighted by Crippen LogP contribution is -2.61. The fourth-order valence-electron chi connectivity index (χ4n) is 4.13. The Morgan fingerprint density at radius 1 is 1.07 bits per heavy atom. The number of carbonyl (C=O) groups excluding carboxylic acids is 2. The number of amides is 2. The molecule has 2 unspecified atom stereocenters. The van der Waals surface area contributed by atoms with E-state index in [1.165, 1.54) is 7.11 Å². The van der Waals surface area contributed by atoms with Crippen molar-refractivity contribution < 1.29 is 14.3 Å². The van der Waals surface area contributed by atoms with Gasteiger partial charge in [0.05, 0.1) is 19.2 Å². The molecule has 6 nitrogen and oxygen atoms in total. The Bertz CT molecular complexity index is 841. The third kappa shape index (κ3) is 3.98. The number of anilines is 2. The minimum absolute atomic E-state index is 0.113. The SMILES string of the molecule is COC(=O)CCC1(C(N)C(C)C)CN(c2ccccc2)C(=O)N1c1ccccc1. The number of esters is 1. The van der Waals surface area contributed by atoms with Gasteiger partial charge in [0.25, 0.3) is 0 Å². The second kappa shape index (κ2) is 8.66.